The van der Waals surface area contributed by atoms with Crippen molar-refractivity contribution in [2.75, 3.05) is 6.54 Å². The van der Waals surface area contributed by atoms with E-state index in [0.29, 0.717) is 6.54 Å². The lowest BCUT2D eigenvalue weighted by Crippen LogP contribution is -2.71. The SMILES string of the molecule is CC(C)(C)OC(=O)NC(C(=O)N1CC(C)(C)[C@H]1C(=O)O)C(C)(C)C. The summed E-state index contributed by atoms with van der Waals surface area (Å²) in [5, 5.41) is 12.0. The average molecular weight is 342 g/mol. The number of carboxylic acid groups (broad SMARTS) is 1. The smallest absolute Gasteiger partial charge is 0.408 e. The van der Waals surface area contributed by atoms with Crippen LogP contribution in [0.3, 0.4) is 0 Å². The van der Waals surface area contributed by atoms with Gasteiger partial charge in [0.1, 0.15) is 17.7 Å². The molecule has 0 saturated carbocycles. The molecule has 0 aromatic carbocycles. The number of carbonyl (C=O) groups excluding carboxylic acids is 2. The molecule has 138 valence electrons. The Balaban J connectivity index is 2.96. The van der Waals surface area contributed by atoms with Gasteiger partial charge in [-0.2, -0.15) is 0 Å². The Bertz CT molecular complexity index is 528. The molecular weight excluding hydrogens is 312 g/mol. The maximum atomic E-state index is 12.9. The van der Waals surface area contributed by atoms with Crippen LogP contribution in [0.4, 0.5) is 4.79 Å². The molecule has 1 unspecified atom stereocenters. The molecule has 1 rings (SSSR count). The number of aliphatic carboxylic acids is 1. The zero-order valence-corrected chi connectivity index (χ0v) is 15.9. The molecule has 2 atom stereocenters. The van der Waals surface area contributed by atoms with E-state index in [1.54, 1.807) is 20.8 Å². The number of carbonyl (C=O) groups is 3. The minimum atomic E-state index is -1.04. The van der Waals surface area contributed by atoms with Crippen molar-refractivity contribution in [1.29, 1.82) is 0 Å². The number of ether oxygens (including phenoxy) is 1. The van der Waals surface area contributed by atoms with Crippen molar-refractivity contribution in [3.63, 3.8) is 0 Å². The van der Waals surface area contributed by atoms with Crippen LogP contribution in [0.1, 0.15) is 55.4 Å². The number of hydrogen-bond donors (Lipinski definition) is 2. The molecule has 1 fully saturated rings. The quantitative estimate of drug-likeness (QED) is 0.820. The number of hydrogen-bond acceptors (Lipinski definition) is 4. The van der Waals surface area contributed by atoms with Gasteiger partial charge in [-0.3, -0.25) is 4.79 Å². The summed E-state index contributed by atoms with van der Waals surface area (Å²) in [4.78, 5) is 37.7. The Hall–Kier alpha value is -1.79. The predicted octanol–water partition coefficient (Wildman–Crippen LogP) is 2.25. The molecule has 2 amide bonds. The third kappa shape index (κ3) is 4.61. The van der Waals surface area contributed by atoms with Crippen LogP contribution >= 0.6 is 0 Å². The molecule has 0 radical (unpaired) electrons. The van der Waals surface area contributed by atoms with Gasteiger partial charge in [-0.25, -0.2) is 9.59 Å². The molecule has 1 aliphatic heterocycles. The van der Waals surface area contributed by atoms with Gasteiger partial charge in [0.2, 0.25) is 5.91 Å². The molecule has 2 N–H and O–H groups in total. The lowest BCUT2D eigenvalue weighted by molar-refractivity contribution is -0.174. The van der Waals surface area contributed by atoms with Crippen LogP contribution in [-0.2, 0) is 14.3 Å². The summed E-state index contributed by atoms with van der Waals surface area (Å²) in [7, 11) is 0. The Morgan fingerprint density at radius 3 is 2.00 bits per heavy atom. The zero-order valence-electron chi connectivity index (χ0n) is 15.9. The minimum Gasteiger partial charge on any atom is -0.480 e. The molecule has 24 heavy (non-hydrogen) atoms. The van der Waals surface area contributed by atoms with Gasteiger partial charge in [0.15, 0.2) is 0 Å². The molecule has 1 aliphatic rings. The molecular formula is C17H30N2O5. The minimum absolute atomic E-state index is 0.339. The molecule has 0 aromatic heterocycles. The second-order valence-electron chi connectivity index (χ2n) is 9.14. The van der Waals surface area contributed by atoms with E-state index in [4.69, 9.17) is 4.74 Å². The highest BCUT2D eigenvalue weighted by molar-refractivity contribution is 5.91. The number of nitrogens with one attached hydrogen (secondary N) is 1. The summed E-state index contributed by atoms with van der Waals surface area (Å²) in [5.74, 6) is -1.44. The Morgan fingerprint density at radius 2 is 1.67 bits per heavy atom. The van der Waals surface area contributed by atoms with Gasteiger partial charge in [-0.05, 0) is 26.2 Å². The molecule has 1 saturated heterocycles. The van der Waals surface area contributed by atoms with E-state index in [0.717, 1.165) is 0 Å². The summed E-state index contributed by atoms with van der Waals surface area (Å²) < 4.78 is 5.22. The van der Waals surface area contributed by atoms with Gasteiger partial charge in [0.05, 0.1) is 0 Å². The predicted molar refractivity (Wildman–Crippen MR) is 89.5 cm³/mol. The van der Waals surface area contributed by atoms with E-state index in [1.165, 1.54) is 4.90 Å². The number of nitrogens with zero attached hydrogens (tertiary/aromatic N) is 1. The lowest BCUT2D eigenvalue weighted by atomic mass is 9.73. The third-order valence-corrected chi connectivity index (χ3v) is 3.92. The Labute approximate surface area is 143 Å². The van der Waals surface area contributed by atoms with E-state index in [1.807, 2.05) is 34.6 Å². The topological polar surface area (TPSA) is 95.9 Å². The normalized spacial score (nSPS) is 21.5. The number of amides is 2. The first-order valence-electron chi connectivity index (χ1n) is 8.09. The molecule has 7 heteroatoms. The van der Waals surface area contributed by atoms with E-state index in [9.17, 15) is 19.5 Å². The Kier molecular flexibility index (Phi) is 5.28. The maximum absolute atomic E-state index is 12.9. The lowest BCUT2D eigenvalue weighted by Gasteiger charge is -2.53. The van der Waals surface area contributed by atoms with Crippen LogP contribution in [-0.4, -0.2) is 52.2 Å². The second-order valence-corrected chi connectivity index (χ2v) is 9.14. The van der Waals surface area contributed by atoms with Crippen molar-refractivity contribution in [2.24, 2.45) is 10.8 Å². The molecule has 7 nitrogen and oxygen atoms in total. The summed E-state index contributed by atoms with van der Waals surface area (Å²) in [6.45, 7) is 14.6. The molecule has 0 spiro atoms. The van der Waals surface area contributed by atoms with Crippen LogP contribution in [0.25, 0.3) is 0 Å². The van der Waals surface area contributed by atoms with Crippen LogP contribution in [0.2, 0.25) is 0 Å². The molecule has 0 aliphatic carbocycles. The number of likely N-dealkylation sites (tertiary alicyclic amines) is 1. The highest BCUT2D eigenvalue weighted by Gasteiger charge is 2.54. The number of rotatable bonds is 3. The summed E-state index contributed by atoms with van der Waals surface area (Å²) in [5.41, 5.74) is -1.76. The fraction of sp³-hybridized carbons (Fsp3) is 0.824. The van der Waals surface area contributed by atoms with E-state index >= 15 is 0 Å². The van der Waals surface area contributed by atoms with Gasteiger partial charge in [0.25, 0.3) is 0 Å². The first-order valence-corrected chi connectivity index (χ1v) is 8.09. The van der Waals surface area contributed by atoms with Gasteiger partial charge in [-0.15, -0.1) is 0 Å². The van der Waals surface area contributed by atoms with E-state index < -0.39 is 46.5 Å². The summed E-state index contributed by atoms with van der Waals surface area (Å²) >= 11 is 0. The van der Waals surface area contributed by atoms with Gasteiger partial charge in [0, 0.05) is 12.0 Å². The summed E-state index contributed by atoms with van der Waals surface area (Å²) in [6, 6.07) is -1.76. The average Bonchev–Trinajstić information content (AvgIpc) is 2.28. The second kappa shape index (κ2) is 6.26. The first-order chi connectivity index (χ1) is 10.6. The van der Waals surface area contributed by atoms with Crippen molar-refractivity contribution in [1.82, 2.24) is 10.2 Å². The van der Waals surface area contributed by atoms with Crippen molar-refractivity contribution in [3.8, 4) is 0 Å². The molecule has 0 aromatic rings. The fourth-order valence-corrected chi connectivity index (χ4v) is 2.84. The van der Waals surface area contributed by atoms with Crippen molar-refractivity contribution < 1.29 is 24.2 Å². The highest BCUT2D eigenvalue weighted by atomic mass is 16.6. The van der Waals surface area contributed by atoms with Crippen molar-refractivity contribution in [3.05, 3.63) is 0 Å². The van der Waals surface area contributed by atoms with Crippen LogP contribution in [0.5, 0.6) is 0 Å². The van der Waals surface area contributed by atoms with Gasteiger partial charge >= 0.3 is 12.1 Å². The van der Waals surface area contributed by atoms with Crippen LogP contribution < -0.4 is 5.32 Å². The van der Waals surface area contributed by atoms with Crippen molar-refractivity contribution >= 4 is 18.0 Å². The number of carboxylic acids is 1. The van der Waals surface area contributed by atoms with E-state index in [2.05, 4.69) is 5.32 Å². The standard InChI is InChI=1S/C17H30N2O5/c1-15(2,3)10(18-14(23)24-16(4,5)6)12(20)19-9-17(7,8)11(19)13(21)22/h10-11H,9H2,1-8H3,(H,18,23)(H,21,22)/t10?,11-/m1/s1. The zero-order chi connectivity index (χ0) is 19.1. The molecule has 1 heterocycles. The molecule has 0 bridgehead atoms. The maximum Gasteiger partial charge on any atom is 0.408 e. The van der Waals surface area contributed by atoms with E-state index in [-0.39, 0.29) is 0 Å². The van der Waals surface area contributed by atoms with Crippen molar-refractivity contribution in [2.45, 2.75) is 73.1 Å². The van der Waals surface area contributed by atoms with Gasteiger partial charge < -0.3 is 20.1 Å². The van der Waals surface area contributed by atoms with Crippen LogP contribution in [0, 0.1) is 10.8 Å². The third-order valence-electron chi connectivity index (χ3n) is 3.92. The monoisotopic (exact) mass is 342 g/mol. The van der Waals surface area contributed by atoms with Crippen LogP contribution in [0.15, 0.2) is 0 Å². The largest absolute Gasteiger partial charge is 0.480 e. The number of alkyl carbamates (subject to hydrolysis) is 1. The van der Waals surface area contributed by atoms with Gasteiger partial charge in [-0.1, -0.05) is 34.6 Å². The highest BCUT2D eigenvalue weighted by Crippen LogP contribution is 2.38. The Morgan fingerprint density at radius 1 is 1.17 bits per heavy atom. The fourth-order valence-electron chi connectivity index (χ4n) is 2.84. The first kappa shape index (κ1) is 20.3. The summed E-state index contributed by atoms with van der Waals surface area (Å²) in [6.07, 6.45) is -0.692.